The molecule has 0 radical (unpaired) electrons. The van der Waals surface area contributed by atoms with Gasteiger partial charge in [0.15, 0.2) is 23.3 Å². The molecule has 0 saturated heterocycles. The van der Waals surface area contributed by atoms with Crippen LogP contribution >= 0.6 is 0 Å². The topological polar surface area (TPSA) is 73.7 Å². The van der Waals surface area contributed by atoms with Gasteiger partial charge in [-0.25, -0.2) is 24.9 Å². The first-order valence-corrected chi connectivity index (χ1v) is 18.1. The van der Waals surface area contributed by atoms with E-state index in [1.807, 2.05) is 152 Å². The van der Waals surface area contributed by atoms with E-state index in [0.717, 1.165) is 50.3 Å². The summed E-state index contributed by atoms with van der Waals surface area (Å²) in [7, 11) is 0. The van der Waals surface area contributed by atoms with Crippen molar-refractivity contribution in [1.29, 1.82) is 0 Å². The standard InChI is InChI=1S/C49H33N5O/c1-5-16-34(17-6-1)35-28-30-36(31-29-35)43-33-44(51-46(50-43)37-18-7-2-8-19-37)42-26-13-14-27-45(42)55-41-25-15-24-40(32-41)49-53-47(38-20-9-3-10-21-38)52-48(54-49)39-22-11-4-12-23-39/h1-33H. The Kier molecular flexibility index (Phi) is 9.19. The van der Waals surface area contributed by atoms with Crippen LogP contribution in [-0.2, 0) is 0 Å². The lowest BCUT2D eigenvalue weighted by Crippen LogP contribution is -2.00. The molecule has 7 aromatic carbocycles. The van der Waals surface area contributed by atoms with Gasteiger partial charge in [0.05, 0.1) is 11.4 Å². The van der Waals surface area contributed by atoms with Crippen molar-refractivity contribution in [1.82, 2.24) is 24.9 Å². The lowest BCUT2D eigenvalue weighted by molar-refractivity contribution is 0.484. The van der Waals surface area contributed by atoms with E-state index >= 15 is 0 Å². The van der Waals surface area contributed by atoms with E-state index in [2.05, 4.69) is 48.5 Å². The Balaban J connectivity index is 1.09. The van der Waals surface area contributed by atoms with Crippen LogP contribution in [0.3, 0.4) is 0 Å². The molecule has 260 valence electrons. The van der Waals surface area contributed by atoms with Gasteiger partial charge in [-0.2, -0.15) is 0 Å². The van der Waals surface area contributed by atoms with Gasteiger partial charge in [0.1, 0.15) is 11.5 Å². The molecule has 2 aromatic heterocycles. The number of hydrogen-bond acceptors (Lipinski definition) is 6. The molecule has 0 saturated carbocycles. The molecule has 0 amide bonds. The van der Waals surface area contributed by atoms with Gasteiger partial charge in [-0.15, -0.1) is 0 Å². The first-order valence-electron chi connectivity index (χ1n) is 18.1. The molecule has 0 N–H and O–H groups in total. The summed E-state index contributed by atoms with van der Waals surface area (Å²) in [5.74, 6) is 3.69. The number of para-hydroxylation sites is 1. The predicted molar refractivity (Wildman–Crippen MR) is 220 cm³/mol. The first kappa shape index (κ1) is 33.3. The minimum Gasteiger partial charge on any atom is -0.457 e. The van der Waals surface area contributed by atoms with Crippen LogP contribution in [0, 0.1) is 0 Å². The molecule has 6 nitrogen and oxygen atoms in total. The van der Waals surface area contributed by atoms with Crippen molar-refractivity contribution in [3.8, 4) is 90.7 Å². The van der Waals surface area contributed by atoms with Gasteiger partial charge in [0.25, 0.3) is 0 Å². The van der Waals surface area contributed by atoms with Gasteiger partial charge in [-0.1, -0.05) is 170 Å². The molecule has 9 rings (SSSR count). The van der Waals surface area contributed by atoms with Crippen molar-refractivity contribution in [3.63, 3.8) is 0 Å². The number of aromatic nitrogens is 5. The third-order valence-corrected chi connectivity index (χ3v) is 9.23. The van der Waals surface area contributed by atoms with Crippen LogP contribution < -0.4 is 4.74 Å². The fourth-order valence-corrected chi connectivity index (χ4v) is 6.44. The van der Waals surface area contributed by atoms with E-state index in [-0.39, 0.29) is 0 Å². The third kappa shape index (κ3) is 7.38. The highest BCUT2D eigenvalue weighted by Crippen LogP contribution is 2.37. The number of nitrogens with zero attached hydrogens (tertiary/aromatic N) is 5. The van der Waals surface area contributed by atoms with E-state index in [1.54, 1.807) is 0 Å². The molecule has 0 aliphatic rings. The third-order valence-electron chi connectivity index (χ3n) is 9.23. The van der Waals surface area contributed by atoms with Crippen LogP contribution in [0.25, 0.3) is 79.2 Å². The SMILES string of the molecule is c1ccc(-c2ccc(-c3cc(-c4ccccc4Oc4cccc(-c5nc(-c6ccccc6)nc(-c6ccccc6)n5)c4)nc(-c4ccccc4)n3)cc2)cc1. The molecule has 55 heavy (non-hydrogen) atoms. The fourth-order valence-electron chi connectivity index (χ4n) is 6.44. The molecular weight excluding hydrogens is 675 g/mol. The van der Waals surface area contributed by atoms with E-state index in [0.29, 0.717) is 34.8 Å². The lowest BCUT2D eigenvalue weighted by Gasteiger charge is -2.14. The number of benzene rings is 7. The summed E-state index contributed by atoms with van der Waals surface area (Å²) in [5, 5.41) is 0. The van der Waals surface area contributed by atoms with Crippen molar-refractivity contribution >= 4 is 0 Å². The summed E-state index contributed by atoms with van der Waals surface area (Å²) in [6, 6.07) is 66.7. The van der Waals surface area contributed by atoms with Crippen LogP contribution in [0.2, 0.25) is 0 Å². The van der Waals surface area contributed by atoms with E-state index in [9.17, 15) is 0 Å². The van der Waals surface area contributed by atoms with Gasteiger partial charge in [-0.05, 0) is 41.5 Å². The maximum atomic E-state index is 6.68. The number of rotatable bonds is 9. The van der Waals surface area contributed by atoms with E-state index < -0.39 is 0 Å². The molecule has 0 aliphatic carbocycles. The zero-order chi connectivity index (χ0) is 36.8. The summed E-state index contributed by atoms with van der Waals surface area (Å²) >= 11 is 0. The Morgan fingerprint density at radius 3 is 1.27 bits per heavy atom. The number of hydrogen-bond donors (Lipinski definition) is 0. The molecule has 0 fully saturated rings. The van der Waals surface area contributed by atoms with Crippen molar-refractivity contribution < 1.29 is 4.74 Å². The summed E-state index contributed by atoms with van der Waals surface area (Å²) < 4.78 is 6.68. The normalized spacial score (nSPS) is 10.9. The Bertz CT molecular complexity index is 2650. The highest BCUT2D eigenvalue weighted by Gasteiger charge is 2.16. The molecule has 0 bridgehead atoms. The van der Waals surface area contributed by atoms with E-state index in [1.165, 1.54) is 5.56 Å². The van der Waals surface area contributed by atoms with E-state index in [4.69, 9.17) is 29.7 Å². The Morgan fingerprint density at radius 2 is 0.691 bits per heavy atom. The van der Waals surface area contributed by atoms with Crippen molar-refractivity contribution in [2.75, 3.05) is 0 Å². The average molecular weight is 708 g/mol. The second-order valence-corrected chi connectivity index (χ2v) is 12.9. The molecule has 0 atom stereocenters. The smallest absolute Gasteiger partial charge is 0.164 e. The summed E-state index contributed by atoms with van der Waals surface area (Å²) in [5.41, 5.74) is 9.28. The van der Waals surface area contributed by atoms with Gasteiger partial charge in [0, 0.05) is 33.4 Å². The second kappa shape index (κ2) is 15.2. The van der Waals surface area contributed by atoms with Crippen molar-refractivity contribution in [3.05, 3.63) is 200 Å². The van der Waals surface area contributed by atoms with Crippen molar-refractivity contribution in [2.24, 2.45) is 0 Å². The van der Waals surface area contributed by atoms with Crippen molar-refractivity contribution in [2.45, 2.75) is 0 Å². The summed E-state index contributed by atoms with van der Waals surface area (Å²) in [6.07, 6.45) is 0. The lowest BCUT2D eigenvalue weighted by atomic mass is 10.0. The second-order valence-electron chi connectivity index (χ2n) is 12.9. The highest BCUT2D eigenvalue weighted by molar-refractivity contribution is 5.77. The maximum Gasteiger partial charge on any atom is 0.164 e. The Morgan fingerprint density at radius 1 is 0.273 bits per heavy atom. The van der Waals surface area contributed by atoms with Gasteiger partial charge in [-0.3, -0.25) is 0 Å². The van der Waals surface area contributed by atoms with Crippen LogP contribution in [0.4, 0.5) is 0 Å². The van der Waals surface area contributed by atoms with Gasteiger partial charge >= 0.3 is 0 Å². The molecule has 0 spiro atoms. The first-order chi connectivity index (χ1) is 27.2. The highest BCUT2D eigenvalue weighted by atomic mass is 16.5. The fraction of sp³-hybridized carbons (Fsp3) is 0. The maximum absolute atomic E-state index is 6.68. The van der Waals surface area contributed by atoms with Crippen LogP contribution in [-0.4, -0.2) is 24.9 Å². The summed E-state index contributed by atoms with van der Waals surface area (Å²) in [4.78, 5) is 24.8. The quantitative estimate of drug-likeness (QED) is 0.149. The zero-order valence-corrected chi connectivity index (χ0v) is 29.7. The number of ether oxygens (including phenoxy) is 1. The predicted octanol–water partition coefficient (Wildman–Crippen LogP) is 12.1. The molecule has 9 aromatic rings. The minimum absolute atomic E-state index is 0.553. The van der Waals surface area contributed by atoms with Crippen LogP contribution in [0.1, 0.15) is 0 Å². The zero-order valence-electron chi connectivity index (χ0n) is 29.7. The average Bonchev–Trinajstić information content (AvgIpc) is 3.27. The monoisotopic (exact) mass is 707 g/mol. The molecule has 0 aliphatic heterocycles. The van der Waals surface area contributed by atoms with Crippen LogP contribution in [0.15, 0.2) is 200 Å². The minimum atomic E-state index is 0.553. The largest absolute Gasteiger partial charge is 0.457 e. The molecule has 0 unspecified atom stereocenters. The molecule has 2 heterocycles. The van der Waals surface area contributed by atoms with Crippen LogP contribution in [0.5, 0.6) is 11.5 Å². The Hall–Kier alpha value is -7.57. The van der Waals surface area contributed by atoms with Gasteiger partial charge < -0.3 is 4.74 Å². The Labute approximate surface area is 319 Å². The molecular formula is C49H33N5O. The van der Waals surface area contributed by atoms with Gasteiger partial charge in [0.2, 0.25) is 0 Å². The summed E-state index contributed by atoms with van der Waals surface area (Å²) in [6.45, 7) is 0. The molecule has 6 heteroatoms.